The molecule has 0 aliphatic carbocycles. The normalized spacial score (nSPS) is 20.4. The molecule has 2 saturated heterocycles. The topological polar surface area (TPSA) is 50.8 Å². The minimum atomic E-state index is -0.0554. The third-order valence-corrected chi connectivity index (χ3v) is 6.58. The minimum absolute atomic E-state index is 0.0355. The van der Waals surface area contributed by atoms with Crippen LogP contribution in [0.4, 0.5) is 0 Å². The van der Waals surface area contributed by atoms with E-state index in [2.05, 4.69) is 36.2 Å². The van der Waals surface area contributed by atoms with Gasteiger partial charge in [0.2, 0.25) is 0 Å². The zero-order valence-electron chi connectivity index (χ0n) is 16.5. The first-order valence-corrected chi connectivity index (χ1v) is 11.1. The molecule has 0 radical (unpaired) electrons. The fourth-order valence-electron chi connectivity index (χ4n) is 3.81. The molecule has 6 heteroatoms. The van der Waals surface area contributed by atoms with Gasteiger partial charge in [-0.05, 0) is 36.5 Å². The number of amides is 1. The summed E-state index contributed by atoms with van der Waals surface area (Å²) in [5, 5.41) is 3.12. The molecule has 0 bridgehead atoms. The highest BCUT2D eigenvalue weighted by atomic mass is 32.2. The molecule has 5 nitrogen and oxygen atoms in total. The van der Waals surface area contributed by atoms with Crippen LogP contribution in [0.25, 0.3) is 0 Å². The summed E-state index contributed by atoms with van der Waals surface area (Å²) in [6.45, 7) is 8.81. The predicted octanol–water partition coefficient (Wildman–Crippen LogP) is 2.90. The molecule has 0 aromatic heterocycles. The van der Waals surface area contributed by atoms with E-state index in [0.717, 1.165) is 44.9 Å². The highest BCUT2D eigenvalue weighted by Crippen LogP contribution is 2.30. The van der Waals surface area contributed by atoms with Crippen LogP contribution in [0.3, 0.4) is 0 Å². The number of rotatable bonds is 7. The maximum atomic E-state index is 12.4. The van der Waals surface area contributed by atoms with Gasteiger partial charge in [-0.2, -0.15) is 11.8 Å². The van der Waals surface area contributed by atoms with Gasteiger partial charge in [-0.25, -0.2) is 0 Å². The zero-order chi connectivity index (χ0) is 19.1. The number of carbonyl (C=O) groups excluding carboxylic acids is 1. The van der Waals surface area contributed by atoms with Crippen LogP contribution in [0.1, 0.15) is 38.2 Å². The molecule has 2 fully saturated rings. The van der Waals surface area contributed by atoms with E-state index >= 15 is 0 Å². The lowest BCUT2D eigenvalue weighted by molar-refractivity contribution is -0.124. The molecule has 0 saturated carbocycles. The number of carbonyl (C=O) groups is 1. The smallest absolute Gasteiger partial charge is 0.258 e. The number of thioether (sulfide) groups is 1. The van der Waals surface area contributed by atoms with Crippen molar-refractivity contribution in [3.63, 3.8) is 0 Å². The summed E-state index contributed by atoms with van der Waals surface area (Å²) in [6, 6.07) is 7.99. The average molecular weight is 393 g/mol. The Morgan fingerprint density at radius 2 is 1.89 bits per heavy atom. The molecule has 3 rings (SSSR count). The molecular formula is C21H32N2O3S. The van der Waals surface area contributed by atoms with Crippen molar-refractivity contribution < 1.29 is 14.3 Å². The number of hydrogen-bond donors (Lipinski definition) is 1. The lowest BCUT2D eigenvalue weighted by atomic mass is 9.87. The fourth-order valence-corrected chi connectivity index (χ4v) is 4.71. The van der Waals surface area contributed by atoms with Crippen molar-refractivity contribution >= 4 is 17.7 Å². The summed E-state index contributed by atoms with van der Waals surface area (Å²) >= 11 is 2.01. The van der Waals surface area contributed by atoms with E-state index in [-0.39, 0.29) is 18.1 Å². The van der Waals surface area contributed by atoms with Gasteiger partial charge in [0.25, 0.3) is 5.91 Å². The lowest BCUT2D eigenvalue weighted by Crippen LogP contribution is -2.60. The third-order valence-electron chi connectivity index (χ3n) is 5.64. The predicted molar refractivity (Wildman–Crippen MR) is 111 cm³/mol. The van der Waals surface area contributed by atoms with E-state index in [1.165, 1.54) is 17.1 Å². The van der Waals surface area contributed by atoms with Crippen LogP contribution in [0.2, 0.25) is 0 Å². The van der Waals surface area contributed by atoms with Crippen molar-refractivity contribution in [2.75, 3.05) is 51.0 Å². The molecule has 2 aliphatic rings. The van der Waals surface area contributed by atoms with Gasteiger partial charge in [0.15, 0.2) is 6.61 Å². The Kier molecular flexibility index (Phi) is 7.44. The van der Waals surface area contributed by atoms with Gasteiger partial charge in [-0.3, -0.25) is 9.69 Å². The van der Waals surface area contributed by atoms with Crippen LogP contribution < -0.4 is 10.1 Å². The van der Waals surface area contributed by atoms with Crippen LogP contribution in [0.5, 0.6) is 5.75 Å². The number of nitrogens with one attached hydrogen (secondary N) is 1. The first-order valence-electron chi connectivity index (χ1n) is 9.99. The minimum Gasteiger partial charge on any atom is -0.484 e. The van der Waals surface area contributed by atoms with Gasteiger partial charge in [0.05, 0.1) is 0 Å². The first kappa shape index (κ1) is 20.5. The van der Waals surface area contributed by atoms with Gasteiger partial charge in [-0.1, -0.05) is 26.0 Å². The van der Waals surface area contributed by atoms with Gasteiger partial charge < -0.3 is 14.8 Å². The molecule has 0 spiro atoms. The second-order valence-electron chi connectivity index (χ2n) is 7.73. The van der Waals surface area contributed by atoms with E-state index < -0.39 is 0 Å². The second-order valence-corrected chi connectivity index (χ2v) is 8.95. The first-order chi connectivity index (χ1) is 13.1. The van der Waals surface area contributed by atoms with E-state index in [1.54, 1.807) is 0 Å². The molecule has 1 aromatic rings. The van der Waals surface area contributed by atoms with E-state index in [9.17, 15) is 4.79 Å². The number of ether oxygens (including phenoxy) is 2. The summed E-state index contributed by atoms with van der Waals surface area (Å²) in [5.74, 6) is 3.52. The summed E-state index contributed by atoms with van der Waals surface area (Å²) in [7, 11) is 0. The van der Waals surface area contributed by atoms with Crippen molar-refractivity contribution in [2.24, 2.45) is 0 Å². The molecule has 1 N–H and O–H groups in total. The van der Waals surface area contributed by atoms with E-state index in [1.807, 2.05) is 23.9 Å². The maximum absolute atomic E-state index is 12.4. The number of nitrogens with zero attached hydrogens (tertiary/aromatic N) is 1. The largest absolute Gasteiger partial charge is 0.484 e. The standard InChI is InChI=1S/C21H32N2O3S/c1-17(2)18-3-5-19(6-4-18)26-15-20(24)22-16-21(7-11-25-12-8-21)23-9-13-27-14-10-23/h3-6,17H,7-16H2,1-2H3,(H,22,24). The Morgan fingerprint density at radius 1 is 1.22 bits per heavy atom. The Balaban J connectivity index is 1.50. The van der Waals surface area contributed by atoms with Crippen LogP contribution in [0.15, 0.2) is 24.3 Å². The summed E-state index contributed by atoms with van der Waals surface area (Å²) in [6.07, 6.45) is 1.96. The summed E-state index contributed by atoms with van der Waals surface area (Å²) in [5.41, 5.74) is 1.31. The number of hydrogen-bond acceptors (Lipinski definition) is 5. The molecule has 150 valence electrons. The Hall–Kier alpha value is -1.24. The monoisotopic (exact) mass is 392 g/mol. The summed E-state index contributed by atoms with van der Waals surface area (Å²) in [4.78, 5) is 14.9. The molecule has 0 unspecified atom stereocenters. The van der Waals surface area contributed by atoms with Crippen LogP contribution >= 0.6 is 11.8 Å². The van der Waals surface area contributed by atoms with E-state index in [0.29, 0.717) is 12.5 Å². The van der Waals surface area contributed by atoms with Gasteiger partial charge >= 0.3 is 0 Å². The molecule has 2 aliphatic heterocycles. The molecule has 0 atom stereocenters. The summed E-state index contributed by atoms with van der Waals surface area (Å²) < 4.78 is 11.3. The van der Waals surface area contributed by atoms with Gasteiger partial charge in [0.1, 0.15) is 5.75 Å². The molecule has 27 heavy (non-hydrogen) atoms. The molecule has 1 amide bonds. The third kappa shape index (κ3) is 5.62. The zero-order valence-corrected chi connectivity index (χ0v) is 17.4. The van der Waals surface area contributed by atoms with Crippen molar-refractivity contribution in [1.29, 1.82) is 0 Å². The van der Waals surface area contributed by atoms with Crippen molar-refractivity contribution in [3.05, 3.63) is 29.8 Å². The Morgan fingerprint density at radius 3 is 2.52 bits per heavy atom. The highest BCUT2D eigenvalue weighted by molar-refractivity contribution is 7.99. The van der Waals surface area contributed by atoms with Crippen LogP contribution in [0, 0.1) is 0 Å². The highest BCUT2D eigenvalue weighted by Gasteiger charge is 2.39. The van der Waals surface area contributed by atoms with E-state index in [4.69, 9.17) is 9.47 Å². The van der Waals surface area contributed by atoms with Gasteiger partial charge in [0, 0.05) is 49.9 Å². The molecule has 1 aromatic carbocycles. The quantitative estimate of drug-likeness (QED) is 0.773. The van der Waals surface area contributed by atoms with Crippen molar-refractivity contribution in [2.45, 2.75) is 38.1 Å². The average Bonchev–Trinajstić information content (AvgIpc) is 2.72. The lowest BCUT2D eigenvalue weighted by Gasteiger charge is -2.48. The van der Waals surface area contributed by atoms with Crippen molar-refractivity contribution in [3.8, 4) is 5.75 Å². The van der Waals surface area contributed by atoms with Gasteiger partial charge in [-0.15, -0.1) is 0 Å². The molecular weight excluding hydrogens is 360 g/mol. The van der Waals surface area contributed by atoms with Crippen molar-refractivity contribution in [1.82, 2.24) is 10.2 Å². The maximum Gasteiger partial charge on any atom is 0.258 e. The molecule has 2 heterocycles. The second kappa shape index (κ2) is 9.80. The Labute approximate surface area is 167 Å². The number of benzene rings is 1. The SMILES string of the molecule is CC(C)c1ccc(OCC(=O)NCC2(N3CCSCC3)CCOCC2)cc1. The van der Waals surface area contributed by atoms with Crippen LogP contribution in [-0.4, -0.2) is 67.3 Å². The van der Waals surface area contributed by atoms with Crippen LogP contribution in [-0.2, 0) is 9.53 Å². The Bertz CT molecular complexity index is 594. The fraction of sp³-hybridized carbons (Fsp3) is 0.667.